The van der Waals surface area contributed by atoms with Crippen LogP contribution in [0.5, 0.6) is 5.75 Å². The van der Waals surface area contributed by atoms with Gasteiger partial charge in [-0.05, 0) is 44.1 Å². The fourth-order valence-electron chi connectivity index (χ4n) is 2.29. The van der Waals surface area contributed by atoms with E-state index in [0.717, 1.165) is 24.4 Å². The molecule has 1 aromatic carbocycles. The summed E-state index contributed by atoms with van der Waals surface area (Å²) in [5.74, 6) is 1.55. The summed E-state index contributed by atoms with van der Waals surface area (Å²) < 4.78 is 6.48. The first-order valence-electron chi connectivity index (χ1n) is 6.02. The number of benzene rings is 1. The van der Waals surface area contributed by atoms with Crippen LogP contribution < -0.4 is 10.1 Å². The lowest BCUT2D eigenvalue weighted by molar-refractivity contribution is 0.415. The average molecular weight is 248 g/mol. The van der Waals surface area contributed by atoms with Crippen molar-refractivity contribution in [1.29, 1.82) is 0 Å². The quantitative estimate of drug-likeness (QED) is 0.887. The fraction of sp³-hybridized carbons (Fsp3) is 0.462. The van der Waals surface area contributed by atoms with E-state index in [1.165, 1.54) is 22.5 Å². The van der Waals surface area contributed by atoms with Crippen molar-refractivity contribution in [3.05, 3.63) is 23.2 Å². The molecule has 0 atom stereocenters. The predicted molar refractivity (Wildman–Crippen MR) is 71.0 cm³/mol. The van der Waals surface area contributed by atoms with Crippen molar-refractivity contribution in [1.82, 2.24) is 10.3 Å². The van der Waals surface area contributed by atoms with Gasteiger partial charge in [-0.2, -0.15) is 0 Å². The lowest BCUT2D eigenvalue weighted by Gasteiger charge is -2.20. The Morgan fingerprint density at radius 2 is 2.18 bits per heavy atom. The van der Waals surface area contributed by atoms with E-state index in [9.17, 15) is 0 Å². The summed E-state index contributed by atoms with van der Waals surface area (Å²) in [5, 5.41) is 4.68. The highest BCUT2D eigenvalue weighted by atomic mass is 32.1. The lowest BCUT2D eigenvalue weighted by Crippen LogP contribution is -2.26. The van der Waals surface area contributed by atoms with E-state index < -0.39 is 0 Å². The van der Waals surface area contributed by atoms with Crippen molar-refractivity contribution >= 4 is 21.6 Å². The number of nitrogens with zero attached hydrogens (tertiary/aromatic N) is 1. The van der Waals surface area contributed by atoms with Gasteiger partial charge >= 0.3 is 0 Å². The SMILES string of the molecule is COc1ccc2nc(C3CCNCC3)sc2c1. The number of fused-ring (bicyclic) bond motifs is 1. The summed E-state index contributed by atoms with van der Waals surface area (Å²) in [7, 11) is 1.70. The molecule has 0 bridgehead atoms. The predicted octanol–water partition coefficient (Wildman–Crippen LogP) is 2.77. The summed E-state index contributed by atoms with van der Waals surface area (Å²) in [5.41, 5.74) is 1.10. The van der Waals surface area contributed by atoms with E-state index >= 15 is 0 Å². The Morgan fingerprint density at radius 1 is 1.35 bits per heavy atom. The second kappa shape index (κ2) is 4.63. The second-order valence-corrected chi connectivity index (χ2v) is 5.47. The van der Waals surface area contributed by atoms with Crippen molar-refractivity contribution in [3.8, 4) is 5.75 Å². The molecule has 90 valence electrons. The van der Waals surface area contributed by atoms with Crippen LogP contribution in [0.4, 0.5) is 0 Å². The summed E-state index contributed by atoms with van der Waals surface area (Å²) in [4.78, 5) is 4.75. The van der Waals surface area contributed by atoms with Gasteiger partial charge in [0.05, 0.1) is 22.3 Å². The molecule has 0 spiro atoms. The number of methoxy groups -OCH3 is 1. The standard InChI is InChI=1S/C13H16N2OS/c1-16-10-2-3-11-12(8-10)17-13(15-11)9-4-6-14-7-5-9/h2-3,8-9,14H,4-7H2,1H3. The largest absolute Gasteiger partial charge is 0.497 e. The molecule has 2 aromatic rings. The van der Waals surface area contributed by atoms with E-state index in [1.807, 2.05) is 17.4 Å². The molecule has 1 aromatic heterocycles. The Kier molecular flexibility index (Phi) is 2.99. The highest BCUT2D eigenvalue weighted by molar-refractivity contribution is 7.18. The average Bonchev–Trinajstić information content (AvgIpc) is 2.82. The zero-order valence-corrected chi connectivity index (χ0v) is 10.7. The number of ether oxygens (including phenoxy) is 1. The number of thiazole rings is 1. The Bertz CT molecular complexity index is 517. The van der Waals surface area contributed by atoms with Gasteiger partial charge in [0.15, 0.2) is 0 Å². The molecule has 17 heavy (non-hydrogen) atoms. The van der Waals surface area contributed by atoms with Crippen LogP contribution in [0, 0.1) is 0 Å². The fourth-order valence-corrected chi connectivity index (χ4v) is 3.46. The molecule has 0 unspecified atom stereocenters. The van der Waals surface area contributed by atoms with Crippen LogP contribution in [-0.2, 0) is 0 Å². The molecule has 4 heteroatoms. The molecular weight excluding hydrogens is 232 g/mol. The Balaban J connectivity index is 1.95. The molecule has 3 nitrogen and oxygen atoms in total. The van der Waals surface area contributed by atoms with E-state index in [4.69, 9.17) is 9.72 Å². The third-order valence-corrected chi connectivity index (χ3v) is 4.48. The van der Waals surface area contributed by atoms with Gasteiger partial charge in [0, 0.05) is 5.92 Å². The minimum absolute atomic E-state index is 0.639. The van der Waals surface area contributed by atoms with Crippen molar-refractivity contribution in [3.63, 3.8) is 0 Å². The molecule has 1 N–H and O–H groups in total. The van der Waals surface area contributed by atoms with Crippen molar-refractivity contribution < 1.29 is 4.74 Å². The maximum atomic E-state index is 5.25. The van der Waals surface area contributed by atoms with Gasteiger partial charge in [0.25, 0.3) is 0 Å². The van der Waals surface area contributed by atoms with E-state index in [-0.39, 0.29) is 0 Å². The van der Waals surface area contributed by atoms with Crippen LogP contribution in [0.1, 0.15) is 23.8 Å². The molecule has 1 saturated heterocycles. The summed E-state index contributed by atoms with van der Waals surface area (Å²) in [6, 6.07) is 6.11. The maximum Gasteiger partial charge on any atom is 0.120 e. The summed E-state index contributed by atoms with van der Waals surface area (Å²) >= 11 is 1.81. The molecular formula is C13H16N2OS. The normalized spacial score (nSPS) is 17.5. The molecule has 2 heterocycles. The first-order valence-corrected chi connectivity index (χ1v) is 6.83. The molecule has 0 aliphatic carbocycles. The first-order chi connectivity index (χ1) is 8.36. The molecule has 1 aliphatic heterocycles. The number of nitrogens with one attached hydrogen (secondary N) is 1. The van der Waals surface area contributed by atoms with Crippen molar-refractivity contribution in [2.45, 2.75) is 18.8 Å². The molecule has 0 amide bonds. The molecule has 0 radical (unpaired) electrons. The summed E-state index contributed by atoms with van der Waals surface area (Å²) in [6.45, 7) is 2.23. The van der Waals surface area contributed by atoms with Gasteiger partial charge in [-0.15, -0.1) is 11.3 Å². The molecule has 3 rings (SSSR count). The highest BCUT2D eigenvalue weighted by Gasteiger charge is 2.18. The van der Waals surface area contributed by atoms with E-state index in [2.05, 4.69) is 17.4 Å². The van der Waals surface area contributed by atoms with Crippen LogP contribution in [-0.4, -0.2) is 25.2 Å². The third kappa shape index (κ3) is 2.15. The zero-order valence-electron chi connectivity index (χ0n) is 9.90. The zero-order chi connectivity index (χ0) is 11.7. The third-order valence-electron chi connectivity index (χ3n) is 3.30. The summed E-state index contributed by atoms with van der Waals surface area (Å²) in [6.07, 6.45) is 2.41. The minimum atomic E-state index is 0.639. The lowest BCUT2D eigenvalue weighted by atomic mass is 9.99. The van der Waals surface area contributed by atoms with Gasteiger partial charge in [-0.25, -0.2) is 4.98 Å². The van der Waals surface area contributed by atoms with Gasteiger partial charge in [0.2, 0.25) is 0 Å². The number of piperidine rings is 1. The smallest absolute Gasteiger partial charge is 0.120 e. The Hall–Kier alpha value is -1.13. The second-order valence-electron chi connectivity index (χ2n) is 4.41. The van der Waals surface area contributed by atoms with Gasteiger partial charge in [-0.3, -0.25) is 0 Å². The first kappa shape index (κ1) is 11.0. The minimum Gasteiger partial charge on any atom is -0.497 e. The van der Waals surface area contributed by atoms with Gasteiger partial charge in [0.1, 0.15) is 5.75 Å². The molecule has 1 aliphatic rings. The van der Waals surface area contributed by atoms with Crippen LogP contribution in [0.25, 0.3) is 10.2 Å². The Labute approximate surface area is 105 Å². The van der Waals surface area contributed by atoms with E-state index in [0.29, 0.717) is 5.92 Å². The number of hydrogen-bond donors (Lipinski definition) is 1. The molecule has 0 saturated carbocycles. The van der Waals surface area contributed by atoms with Crippen LogP contribution in [0.15, 0.2) is 18.2 Å². The molecule has 1 fully saturated rings. The number of hydrogen-bond acceptors (Lipinski definition) is 4. The number of rotatable bonds is 2. The maximum absolute atomic E-state index is 5.25. The van der Waals surface area contributed by atoms with Crippen LogP contribution in [0.2, 0.25) is 0 Å². The van der Waals surface area contributed by atoms with E-state index in [1.54, 1.807) is 7.11 Å². The Morgan fingerprint density at radius 3 is 2.94 bits per heavy atom. The number of aromatic nitrogens is 1. The van der Waals surface area contributed by atoms with Gasteiger partial charge in [-0.1, -0.05) is 0 Å². The van der Waals surface area contributed by atoms with Crippen LogP contribution >= 0.6 is 11.3 Å². The topological polar surface area (TPSA) is 34.1 Å². The van der Waals surface area contributed by atoms with Gasteiger partial charge < -0.3 is 10.1 Å². The monoisotopic (exact) mass is 248 g/mol. The highest BCUT2D eigenvalue weighted by Crippen LogP contribution is 2.33. The van der Waals surface area contributed by atoms with Crippen LogP contribution in [0.3, 0.4) is 0 Å². The van der Waals surface area contributed by atoms with Crippen molar-refractivity contribution in [2.24, 2.45) is 0 Å². The van der Waals surface area contributed by atoms with Crippen molar-refractivity contribution in [2.75, 3.05) is 20.2 Å².